The highest BCUT2D eigenvalue weighted by Crippen LogP contribution is 2.36. The Morgan fingerprint density at radius 3 is 2.50 bits per heavy atom. The van der Waals surface area contributed by atoms with E-state index in [0.29, 0.717) is 17.3 Å². The van der Waals surface area contributed by atoms with Crippen LogP contribution in [0.2, 0.25) is 0 Å². The number of aryl methyl sites for hydroxylation is 1. The van der Waals surface area contributed by atoms with E-state index in [-0.39, 0.29) is 5.82 Å². The highest BCUT2D eigenvalue weighted by molar-refractivity contribution is 8.00. The fourth-order valence-electron chi connectivity index (χ4n) is 2.72. The van der Waals surface area contributed by atoms with Crippen molar-refractivity contribution in [1.29, 1.82) is 0 Å². The van der Waals surface area contributed by atoms with Crippen molar-refractivity contribution in [3.05, 3.63) is 65.5 Å². The maximum absolute atomic E-state index is 13.2. The number of halogens is 1. The largest absolute Gasteiger partial charge is 0.368 e. The Morgan fingerprint density at radius 2 is 1.88 bits per heavy atom. The molecule has 1 unspecified atom stereocenters. The van der Waals surface area contributed by atoms with E-state index in [2.05, 4.69) is 10.2 Å². The van der Waals surface area contributed by atoms with Crippen molar-refractivity contribution in [1.82, 2.24) is 14.8 Å². The Bertz CT molecular complexity index is 924. The maximum Gasteiger partial charge on any atom is 0.235 e. The molecule has 3 aromatic rings. The third-order valence-corrected chi connectivity index (χ3v) is 5.33. The number of hydrogen-bond acceptors (Lipinski definition) is 4. The lowest BCUT2D eigenvalue weighted by Gasteiger charge is -2.14. The number of thioether (sulfide) groups is 1. The molecule has 1 heterocycles. The van der Waals surface area contributed by atoms with E-state index in [4.69, 9.17) is 5.73 Å². The minimum Gasteiger partial charge on any atom is -0.368 e. The van der Waals surface area contributed by atoms with Gasteiger partial charge in [-0.3, -0.25) is 4.79 Å². The number of nitrogens with two attached hydrogens (primary N) is 1. The maximum atomic E-state index is 13.2. The van der Waals surface area contributed by atoms with Crippen molar-refractivity contribution < 1.29 is 9.18 Å². The number of benzene rings is 2. The second-order valence-corrected chi connectivity index (χ2v) is 6.89. The van der Waals surface area contributed by atoms with E-state index in [1.54, 1.807) is 12.1 Å². The predicted octanol–water partition coefficient (Wildman–Crippen LogP) is 3.73. The molecule has 2 aromatic carbocycles. The van der Waals surface area contributed by atoms with Crippen LogP contribution in [0.3, 0.4) is 0 Å². The first-order valence-corrected chi connectivity index (χ1v) is 9.10. The van der Waals surface area contributed by atoms with Crippen molar-refractivity contribution in [2.45, 2.75) is 30.8 Å². The van der Waals surface area contributed by atoms with E-state index < -0.39 is 11.2 Å². The highest BCUT2D eigenvalue weighted by Gasteiger charge is 2.24. The van der Waals surface area contributed by atoms with Crippen LogP contribution in [-0.2, 0) is 11.3 Å². The summed E-state index contributed by atoms with van der Waals surface area (Å²) in [6.07, 6.45) is 0. The molecule has 0 saturated carbocycles. The van der Waals surface area contributed by atoms with Crippen molar-refractivity contribution in [3.8, 4) is 11.4 Å². The summed E-state index contributed by atoms with van der Waals surface area (Å²) >= 11 is 1.22. The van der Waals surface area contributed by atoms with Gasteiger partial charge >= 0.3 is 0 Å². The summed E-state index contributed by atoms with van der Waals surface area (Å²) < 4.78 is 15.1. The van der Waals surface area contributed by atoms with Gasteiger partial charge in [-0.25, -0.2) is 4.39 Å². The number of carbonyl (C=O) groups is 1. The van der Waals surface area contributed by atoms with Crippen LogP contribution in [0.4, 0.5) is 4.39 Å². The van der Waals surface area contributed by atoms with Crippen molar-refractivity contribution >= 4 is 17.7 Å². The second-order valence-electron chi connectivity index (χ2n) is 5.82. The van der Waals surface area contributed by atoms with Crippen LogP contribution in [0.5, 0.6) is 0 Å². The molecule has 5 nitrogen and oxygen atoms in total. The topological polar surface area (TPSA) is 73.8 Å². The van der Waals surface area contributed by atoms with Crippen LogP contribution >= 0.6 is 11.8 Å². The van der Waals surface area contributed by atoms with Crippen LogP contribution in [0.15, 0.2) is 53.7 Å². The zero-order chi connectivity index (χ0) is 18.7. The van der Waals surface area contributed by atoms with Crippen LogP contribution in [-0.4, -0.2) is 20.7 Å². The number of hydrogen-bond donors (Lipinski definition) is 1. The molecule has 1 aromatic heterocycles. The van der Waals surface area contributed by atoms with E-state index in [1.165, 1.54) is 23.9 Å². The van der Waals surface area contributed by atoms with E-state index >= 15 is 0 Å². The second kappa shape index (κ2) is 7.70. The van der Waals surface area contributed by atoms with Gasteiger partial charge in [0.2, 0.25) is 5.91 Å². The standard InChI is InChI=1S/C19H19FN4OS/c1-3-24-18(15-7-5-4-6-12(15)2)22-23-19(24)26-16(17(21)25)13-8-10-14(20)11-9-13/h4-11,16H,3H2,1-2H3,(H2,21,25). The number of rotatable bonds is 6. The molecule has 134 valence electrons. The van der Waals surface area contributed by atoms with E-state index in [9.17, 15) is 9.18 Å². The molecule has 0 bridgehead atoms. The van der Waals surface area contributed by atoms with Gasteiger partial charge in [-0.15, -0.1) is 10.2 Å². The molecule has 0 radical (unpaired) electrons. The highest BCUT2D eigenvalue weighted by atomic mass is 32.2. The number of amides is 1. The minimum atomic E-state index is -0.671. The fraction of sp³-hybridized carbons (Fsp3) is 0.211. The van der Waals surface area contributed by atoms with Crippen molar-refractivity contribution in [3.63, 3.8) is 0 Å². The SMILES string of the molecule is CCn1c(SC(C(N)=O)c2ccc(F)cc2)nnc1-c1ccccc1C. The summed E-state index contributed by atoms with van der Waals surface area (Å²) in [5, 5.41) is 8.51. The Hall–Kier alpha value is -2.67. The fourth-order valence-corrected chi connectivity index (χ4v) is 3.77. The molecule has 0 aliphatic rings. The Kier molecular flexibility index (Phi) is 5.37. The Morgan fingerprint density at radius 1 is 1.19 bits per heavy atom. The van der Waals surface area contributed by atoms with Gasteiger partial charge in [0.05, 0.1) is 0 Å². The first-order chi connectivity index (χ1) is 12.5. The lowest BCUT2D eigenvalue weighted by atomic mass is 10.1. The van der Waals surface area contributed by atoms with Crippen LogP contribution in [0.1, 0.15) is 23.3 Å². The zero-order valence-corrected chi connectivity index (χ0v) is 15.3. The van der Waals surface area contributed by atoms with Crippen molar-refractivity contribution in [2.75, 3.05) is 0 Å². The summed E-state index contributed by atoms with van der Waals surface area (Å²) in [5.41, 5.74) is 8.29. The molecule has 1 amide bonds. The number of primary amides is 1. The van der Waals surface area contributed by atoms with Gasteiger partial charge in [0.1, 0.15) is 11.1 Å². The molecular weight excluding hydrogens is 351 g/mol. The first kappa shape index (κ1) is 18.1. The van der Waals surface area contributed by atoms with Gasteiger partial charge in [-0.1, -0.05) is 48.2 Å². The molecule has 0 fully saturated rings. The molecule has 0 aliphatic carbocycles. The molecule has 2 N–H and O–H groups in total. The molecule has 0 saturated heterocycles. The first-order valence-electron chi connectivity index (χ1n) is 8.22. The Labute approximate surface area is 155 Å². The molecule has 7 heteroatoms. The summed E-state index contributed by atoms with van der Waals surface area (Å²) in [7, 11) is 0. The molecular formula is C19H19FN4OS. The summed E-state index contributed by atoms with van der Waals surface area (Å²) in [4.78, 5) is 12.0. The van der Waals surface area contributed by atoms with Gasteiger partial charge < -0.3 is 10.3 Å². The van der Waals surface area contributed by atoms with Crippen LogP contribution in [0.25, 0.3) is 11.4 Å². The minimum absolute atomic E-state index is 0.361. The molecule has 1 atom stereocenters. The van der Waals surface area contributed by atoms with Gasteiger partial charge in [0, 0.05) is 12.1 Å². The molecule has 3 rings (SSSR count). The van der Waals surface area contributed by atoms with Gasteiger partial charge in [0.25, 0.3) is 0 Å². The van der Waals surface area contributed by atoms with Crippen LogP contribution in [0, 0.1) is 12.7 Å². The summed E-state index contributed by atoms with van der Waals surface area (Å²) in [6.45, 7) is 4.65. The lowest BCUT2D eigenvalue weighted by Crippen LogP contribution is -2.19. The van der Waals surface area contributed by atoms with Crippen molar-refractivity contribution in [2.24, 2.45) is 5.73 Å². The number of carbonyl (C=O) groups excluding carboxylic acids is 1. The summed E-state index contributed by atoms with van der Waals surface area (Å²) in [6, 6.07) is 13.7. The van der Waals surface area contributed by atoms with Gasteiger partial charge in [0.15, 0.2) is 11.0 Å². The predicted molar refractivity (Wildman–Crippen MR) is 100 cm³/mol. The quantitative estimate of drug-likeness (QED) is 0.671. The average molecular weight is 370 g/mol. The molecule has 26 heavy (non-hydrogen) atoms. The van der Waals surface area contributed by atoms with E-state index in [1.807, 2.05) is 42.7 Å². The molecule has 0 aliphatic heterocycles. The normalized spacial score (nSPS) is 12.1. The Balaban J connectivity index is 1.97. The third kappa shape index (κ3) is 3.62. The van der Waals surface area contributed by atoms with Crippen LogP contribution < -0.4 is 5.73 Å². The van der Waals surface area contributed by atoms with Gasteiger partial charge in [-0.2, -0.15) is 0 Å². The third-order valence-electron chi connectivity index (χ3n) is 4.07. The zero-order valence-electron chi connectivity index (χ0n) is 14.5. The van der Waals surface area contributed by atoms with E-state index in [0.717, 1.165) is 17.0 Å². The number of aromatic nitrogens is 3. The number of nitrogens with zero attached hydrogens (tertiary/aromatic N) is 3. The summed E-state index contributed by atoms with van der Waals surface area (Å²) in [5.74, 6) is -0.124. The average Bonchev–Trinajstić information content (AvgIpc) is 3.03. The smallest absolute Gasteiger partial charge is 0.235 e. The molecule has 0 spiro atoms. The van der Waals surface area contributed by atoms with Gasteiger partial charge in [-0.05, 0) is 37.1 Å². The monoisotopic (exact) mass is 370 g/mol. The lowest BCUT2D eigenvalue weighted by molar-refractivity contribution is -0.117.